The van der Waals surface area contributed by atoms with E-state index in [9.17, 15) is 5.11 Å². The summed E-state index contributed by atoms with van der Waals surface area (Å²) in [7, 11) is 0. The number of rotatable bonds is 1. The predicted octanol–water partition coefficient (Wildman–Crippen LogP) is 1.81. The van der Waals surface area contributed by atoms with Crippen LogP contribution in [0.25, 0.3) is 0 Å². The lowest BCUT2D eigenvalue weighted by molar-refractivity contribution is 0.128. The largest absolute Gasteiger partial charge is 0.393 e. The first-order valence-corrected chi connectivity index (χ1v) is 4.33. The molecule has 1 fully saturated rings. The quantitative estimate of drug-likeness (QED) is 0.568. The molecule has 1 saturated carbocycles. The second-order valence-corrected chi connectivity index (χ2v) is 3.39. The van der Waals surface area contributed by atoms with Crippen LogP contribution in [0, 0.1) is 23.7 Å². The second-order valence-electron chi connectivity index (χ2n) is 3.39. The van der Waals surface area contributed by atoms with Gasteiger partial charge < -0.3 is 5.11 Å². The summed E-state index contributed by atoms with van der Waals surface area (Å²) in [4.78, 5) is 0. The minimum absolute atomic E-state index is 0.0707. The molecular weight excluding hydrogens is 136 g/mol. The molecule has 0 radical (unpaired) electrons. The topological polar surface area (TPSA) is 20.2 Å². The Morgan fingerprint density at radius 2 is 2.18 bits per heavy atom. The van der Waals surface area contributed by atoms with Crippen molar-refractivity contribution < 1.29 is 5.11 Å². The zero-order valence-corrected chi connectivity index (χ0v) is 7.30. The Morgan fingerprint density at radius 3 is 2.64 bits per heavy atom. The summed E-state index contributed by atoms with van der Waals surface area (Å²) in [6, 6.07) is 0. The van der Waals surface area contributed by atoms with E-state index < -0.39 is 0 Å². The zero-order valence-electron chi connectivity index (χ0n) is 7.30. The van der Waals surface area contributed by atoms with Crippen LogP contribution in [0.15, 0.2) is 0 Å². The van der Waals surface area contributed by atoms with Crippen molar-refractivity contribution in [2.24, 2.45) is 11.8 Å². The molecule has 0 bridgehead atoms. The van der Waals surface area contributed by atoms with E-state index in [-0.39, 0.29) is 6.10 Å². The average molecular weight is 152 g/mol. The van der Waals surface area contributed by atoms with Crippen molar-refractivity contribution in [3.8, 4) is 11.8 Å². The first-order chi connectivity index (χ1) is 5.25. The summed E-state index contributed by atoms with van der Waals surface area (Å²) in [6.45, 7) is 4.00. The van der Waals surface area contributed by atoms with Crippen LogP contribution < -0.4 is 0 Å². The van der Waals surface area contributed by atoms with Gasteiger partial charge in [0.25, 0.3) is 0 Å². The van der Waals surface area contributed by atoms with Crippen molar-refractivity contribution in [2.45, 2.75) is 39.2 Å². The van der Waals surface area contributed by atoms with E-state index in [1.54, 1.807) is 0 Å². The molecule has 1 aliphatic carbocycles. The highest BCUT2D eigenvalue weighted by Crippen LogP contribution is 2.33. The third kappa shape index (κ3) is 1.97. The van der Waals surface area contributed by atoms with Gasteiger partial charge in [-0.3, -0.25) is 0 Å². The maximum Gasteiger partial charge on any atom is 0.0568 e. The molecule has 0 saturated heterocycles. The zero-order chi connectivity index (χ0) is 8.27. The average Bonchev–Trinajstić information content (AvgIpc) is 2.31. The Bertz CT molecular complexity index is 175. The SMILES string of the molecule is CC#CCC1CCC(O)C1C. The van der Waals surface area contributed by atoms with E-state index in [0.29, 0.717) is 11.8 Å². The highest BCUT2D eigenvalue weighted by atomic mass is 16.3. The molecule has 0 aromatic heterocycles. The molecule has 3 unspecified atom stereocenters. The standard InChI is InChI=1S/C10H16O/c1-3-4-5-9-6-7-10(11)8(9)2/h8-11H,5-7H2,1-2H3. The van der Waals surface area contributed by atoms with Gasteiger partial charge in [0, 0.05) is 6.42 Å². The molecule has 0 aromatic rings. The molecule has 0 amide bonds. The van der Waals surface area contributed by atoms with E-state index in [2.05, 4.69) is 18.8 Å². The Morgan fingerprint density at radius 1 is 1.45 bits per heavy atom. The van der Waals surface area contributed by atoms with Crippen LogP contribution >= 0.6 is 0 Å². The lowest BCUT2D eigenvalue weighted by Crippen LogP contribution is -2.14. The molecule has 1 N–H and O–H groups in total. The van der Waals surface area contributed by atoms with Crippen LogP contribution in [0.5, 0.6) is 0 Å². The highest BCUT2D eigenvalue weighted by molar-refractivity contribution is 4.99. The van der Waals surface area contributed by atoms with Gasteiger partial charge in [-0.1, -0.05) is 6.92 Å². The molecule has 1 heteroatoms. The van der Waals surface area contributed by atoms with Gasteiger partial charge in [0.2, 0.25) is 0 Å². The van der Waals surface area contributed by atoms with Gasteiger partial charge in [0.15, 0.2) is 0 Å². The Hall–Kier alpha value is -0.480. The number of aliphatic hydroxyl groups is 1. The summed E-state index contributed by atoms with van der Waals surface area (Å²) < 4.78 is 0. The van der Waals surface area contributed by atoms with E-state index in [0.717, 1.165) is 19.3 Å². The fourth-order valence-electron chi connectivity index (χ4n) is 1.75. The minimum Gasteiger partial charge on any atom is -0.393 e. The van der Waals surface area contributed by atoms with E-state index in [4.69, 9.17) is 0 Å². The van der Waals surface area contributed by atoms with Gasteiger partial charge in [-0.05, 0) is 31.6 Å². The van der Waals surface area contributed by atoms with Crippen LogP contribution in [0.1, 0.15) is 33.1 Å². The Labute approximate surface area is 68.8 Å². The van der Waals surface area contributed by atoms with Gasteiger partial charge in [-0.2, -0.15) is 0 Å². The summed E-state index contributed by atoms with van der Waals surface area (Å²) in [5, 5.41) is 9.42. The first-order valence-electron chi connectivity index (χ1n) is 4.33. The monoisotopic (exact) mass is 152 g/mol. The summed E-state index contributed by atoms with van der Waals surface area (Å²) >= 11 is 0. The molecule has 0 aliphatic heterocycles. The Kier molecular flexibility index (Phi) is 2.96. The molecule has 0 aromatic carbocycles. The van der Waals surface area contributed by atoms with E-state index >= 15 is 0 Å². The van der Waals surface area contributed by atoms with Gasteiger partial charge >= 0.3 is 0 Å². The van der Waals surface area contributed by atoms with Gasteiger partial charge in [0.1, 0.15) is 0 Å². The van der Waals surface area contributed by atoms with Crippen molar-refractivity contribution in [1.82, 2.24) is 0 Å². The minimum atomic E-state index is -0.0707. The van der Waals surface area contributed by atoms with Crippen LogP contribution in [0.3, 0.4) is 0 Å². The van der Waals surface area contributed by atoms with Crippen molar-refractivity contribution in [3.05, 3.63) is 0 Å². The first kappa shape index (κ1) is 8.62. The molecule has 3 atom stereocenters. The molecule has 62 valence electrons. The maximum atomic E-state index is 9.42. The number of hydrogen-bond acceptors (Lipinski definition) is 1. The molecular formula is C10H16O. The lowest BCUT2D eigenvalue weighted by atomic mass is 9.94. The third-order valence-corrected chi connectivity index (χ3v) is 2.72. The fourth-order valence-corrected chi connectivity index (χ4v) is 1.75. The summed E-state index contributed by atoms with van der Waals surface area (Å²) in [5.41, 5.74) is 0. The van der Waals surface area contributed by atoms with Gasteiger partial charge in [0.05, 0.1) is 6.10 Å². The molecule has 0 spiro atoms. The van der Waals surface area contributed by atoms with Gasteiger partial charge in [-0.15, -0.1) is 11.8 Å². The van der Waals surface area contributed by atoms with Crippen molar-refractivity contribution >= 4 is 0 Å². The fraction of sp³-hybridized carbons (Fsp3) is 0.800. The smallest absolute Gasteiger partial charge is 0.0568 e. The normalized spacial score (nSPS) is 36.5. The predicted molar refractivity (Wildman–Crippen MR) is 46.0 cm³/mol. The summed E-state index contributed by atoms with van der Waals surface area (Å²) in [5.74, 6) is 7.07. The van der Waals surface area contributed by atoms with Crippen molar-refractivity contribution in [2.75, 3.05) is 0 Å². The van der Waals surface area contributed by atoms with Crippen molar-refractivity contribution in [3.63, 3.8) is 0 Å². The van der Waals surface area contributed by atoms with Crippen LogP contribution in [-0.2, 0) is 0 Å². The maximum absolute atomic E-state index is 9.42. The highest BCUT2D eigenvalue weighted by Gasteiger charge is 2.30. The van der Waals surface area contributed by atoms with Crippen LogP contribution in [-0.4, -0.2) is 11.2 Å². The molecule has 1 nitrogen and oxygen atoms in total. The molecule has 0 heterocycles. The lowest BCUT2D eigenvalue weighted by Gasteiger charge is -2.13. The second kappa shape index (κ2) is 3.78. The van der Waals surface area contributed by atoms with Crippen LogP contribution in [0.4, 0.5) is 0 Å². The Balaban J connectivity index is 2.40. The van der Waals surface area contributed by atoms with Crippen LogP contribution in [0.2, 0.25) is 0 Å². The van der Waals surface area contributed by atoms with E-state index in [1.165, 1.54) is 0 Å². The van der Waals surface area contributed by atoms with E-state index in [1.807, 2.05) is 6.92 Å². The molecule has 1 rings (SSSR count). The number of hydrogen-bond donors (Lipinski definition) is 1. The summed E-state index contributed by atoms with van der Waals surface area (Å²) in [6.07, 6.45) is 3.02. The molecule has 1 aliphatic rings. The van der Waals surface area contributed by atoms with Crippen molar-refractivity contribution in [1.29, 1.82) is 0 Å². The third-order valence-electron chi connectivity index (χ3n) is 2.72. The number of aliphatic hydroxyl groups excluding tert-OH is 1. The van der Waals surface area contributed by atoms with Gasteiger partial charge in [-0.25, -0.2) is 0 Å². The molecule has 11 heavy (non-hydrogen) atoms.